The minimum Gasteiger partial charge on any atom is -0.494 e. The number of hydrogen-bond acceptors (Lipinski definition) is 8. The van der Waals surface area contributed by atoms with Gasteiger partial charge in [-0.15, -0.1) is 0 Å². The second-order valence-corrected chi connectivity index (χ2v) is 5.79. The van der Waals surface area contributed by atoms with E-state index in [4.69, 9.17) is 18.9 Å². The molecular formula is C20H22N2O8. The Hall–Kier alpha value is -3.82. The van der Waals surface area contributed by atoms with Crippen LogP contribution in [0.1, 0.15) is 24.2 Å². The zero-order valence-electron chi connectivity index (χ0n) is 16.8. The number of nitrogens with zero attached hydrogens (tertiary/aromatic N) is 1. The summed E-state index contributed by atoms with van der Waals surface area (Å²) in [5, 5.41) is 13.3. The maximum Gasteiger partial charge on any atom is 0.338 e. The van der Waals surface area contributed by atoms with Gasteiger partial charge in [0.15, 0.2) is 18.1 Å². The Morgan fingerprint density at radius 3 is 2.33 bits per heavy atom. The first-order valence-electron chi connectivity index (χ1n) is 9.08. The van der Waals surface area contributed by atoms with E-state index in [9.17, 15) is 19.7 Å². The molecule has 0 aliphatic carbocycles. The van der Waals surface area contributed by atoms with Crippen molar-refractivity contribution < 1.29 is 33.5 Å². The molecule has 0 bridgehead atoms. The lowest BCUT2D eigenvalue weighted by Gasteiger charge is -2.12. The van der Waals surface area contributed by atoms with Gasteiger partial charge >= 0.3 is 5.97 Å². The fourth-order valence-electron chi connectivity index (χ4n) is 2.48. The third-order valence-corrected chi connectivity index (χ3v) is 3.78. The summed E-state index contributed by atoms with van der Waals surface area (Å²) in [6.45, 7) is 3.90. The van der Waals surface area contributed by atoms with E-state index < -0.39 is 23.4 Å². The van der Waals surface area contributed by atoms with Gasteiger partial charge in [0.05, 0.1) is 42.6 Å². The smallest absolute Gasteiger partial charge is 0.338 e. The summed E-state index contributed by atoms with van der Waals surface area (Å²) in [5.41, 5.74) is 0.225. The monoisotopic (exact) mass is 418 g/mol. The quantitative estimate of drug-likeness (QED) is 0.354. The number of esters is 1. The van der Waals surface area contributed by atoms with Crippen LogP contribution in [-0.4, -0.2) is 43.7 Å². The van der Waals surface area contributed by atoms with Crippen molar-refractivity contribution in [3.63, 3.8) is 0 Å². The second-order valence-electron chi connectivity index (χ2n) is 5.79. The molecule has 0 unspecified atom stereocenters. The molecule has 30 heavy (non-hydrogen) atoms. The standard InChI is InChI=1S/C20H22N2O8/c1-4-28-16-9-6-13(10-18(16)29-5-2)20(24)30-12-19(23)21-15-8-7-14(22(25)26)11-17(15)27-3/h6-11H,4-5,12H2,1-3H3,(H,21,23). The molecule has 10 heteroatoms. The highest BCUT2D eigenvalue weighted by atomic mass is 16.6. The van der Waals surface area contributed by atoms with Crippen molar-refractivity contribution >= 4 is 23.3 Å². The van der Waals surface area contributed by atoms with Gasteiger partial charge in [-0.3, -0.25) is 14.9 Å². The molecule has 1 N–H and O–H groups in total. The van der Waals surface area contributed by atoms with Crippen LogP contribution in [-0.2, 0) is 9.53 Å². The molecule has 0 spiro atoms. The average Bonchev–Trinajstić information content (AvgIpc) is 2.73. The topological polar surface area (TPSA) is 126 Å². The van der Waals surface area contributed by atoms with Gasteiger partial charge in [-0.05, 0) is 38.1 Å². The summed E-state index contributed by atoms with van der Waals surface area (Å²) in [6, 6.07) is 8.31. The molecule has 2 aromatic carbocycles. The molecule has 0 saturated carbocycles. The molecular weight excluding hydrogens is 396 g/mol. The number of hydrogen-bond donors (Lipinski definition) is 1. The number of ether oxygens (including phenoxy) is 4. The number of non-ortho nitro benzene ring substituents is 1. The fraction of sp³-hybridized carbons (Fsp3) is 0.300. The van der Waals surface area contributed by atoms with Gasteiger partial charge in [0.1, 0.15) is 5.75 Å². The lowest BCUT2D eigenvalue weighted by atomic mass is 10.2. The summed E-state index contributed by atoms with van der Waals surface area (Å²) >= 11 is 0. The number of methoxy groups -OCH3 is 1. The first-order chi connectivity index (χ1) is 14.4. The van der Waals surface area contributed by atoms with E-state index in [0.29, 0.717) is 24.7 Å². The number of benzene rings is 2. The minimum absolute atomic E-state index is 0.108. The Bertz CT molecular complexity index is 929. The number of rotatable bonds is 10. The highest BCUT2D eigenvalue weighted by Crippen LogP contribution is 2.30. The first-order valence-corrected chi connectivity index (χ1v) is 9.08. The van der Waals surface area contributed by atoms with Gasteiger partial charge < -0.3 is 24.3 Å². The zero-order valence-corrected chi connectivity index (χ0v) is 16.8. The van der Waals surface area contributed by atoms with Crippen LogP contribution in [0, 0.1) is 10.1 Å². The fourth-order valence-corrected chi connectivity index (χ4v) is 2.48. The SMILES string of the molecule is CCOc1ccc(C(=O)OCC(=O)Nc2ccc([N+](=O)[O-])cc2OC)cc1OCC. The third-order valence-electron chi connectivity index (χ3n) is 3.78. The second kappa shape index (κ2) is 10.6. The number of carbonyl (C=O) groups excluding carboxylic acids is 2. The van der Waals surface area contributed by atoms with E-state index in [1.807, 2.05) is 6.92 Å². The van der Waals surface area contributed by atoms with Crippen molar-refractivity contribution in [2.75, 3.05) is 32.2 Å². The van der Waals surface area contributed by atoms with Crippen LogP contribution in [0.25, 0.3) is 0 Å². The van der Waals surface area contributed by atoms with Gasteiger partial charge in [-0.25, -0.2) is 4.79 Å². The highest BCUT2D eigenvalue weighted by Gasteiger charge is 2.16. The molecule has 1 amide bonds. The van der Waals surface area contributed by atoms with Crippen LogP contribution in [0.15, 0.2) is 36.4 Å². The zero-order chi connectivity index (χ0) is 22.1. The van der Waals surface area contributed by atoms with Crippen LogP contribution >= 0.6 is 0 Å². The maximum atomic E-state index is 12.3. The number of amides is 1. The number of carbonyl (C=O) groups is 2. The van der Waals surface area contributed by atoms with Crippen molar-refractivity contribution in [2.45, 2.75) is 13.8 Å². The maximum absolute atomic E-state index is 12.3. The lowest BCUT2D eigenvalue weighted by Crippen LogP contribution is -2.21. The van der Waals surface area contributed by atoms with E-state index >= 15 is 0 Å². The Morgan fingerprint density at radius 1 is 1.00 bits per heavy atom. The van der Waals surface area contributed by atoms with Crippen molar-refractivity contribution in [3.05, 3.63) is 52.1 Å². The average molecular weight is 418 g/mol. The first kappa shape index (κ1) is 22.5. The number of nitro groups is 1. The summed E-state index contributed by atoms with van der Waals surface area (Å²) in [7, 11) is 1.32. The molecule has 0 radical (unpaired) electrons. The Balaban J connectivity index is 2.02. The van der Waals surface area contributed by atoms with Crippen molar-refractivity contribution in [3.8, 4) is 17.2 Å². The van der Waals surface area contributed by atoms with Crippen LogP contribution in [0.5, 0.6) is 17.2 Å². The summed E-state index contributed by atoms with van der Waals surface area (Å²) in [5.74, 6) is -0.346. The van der Waals surface area contributed by atoms with Crippen LogP contribution < -0.4 is 19.5 Å². The van der Waals surface area contributed by atoms with Crippen LogP contribution in [0.4, 0.5) is 11.4 Å². The van der Waals surface area contributed by atoms with E-state index in [1.165, 1.54) is 37.4 Å². The molecule has 0 heterocycles. The molecule has 0 fully saturated rings. The van der Waals surface area contributed by atoms with Gasteiger partial charge in [0.2, 0.25) is 0 Å². The molecule has 0 aliphatic rings. The van der Waals surface area contributed by atoms with Gasteiger partial charge in [-0.2, -0.15) is 0 Å². The molecule has 0 aliphatic heterocycles. The molecule has 0 aromatic heterocycles. The van der Waals surface area contributed by atoms with Gasteiger partial charge in [-0.1, -0.05) is 0 Å². The molecule has 160 valence electrons. The van der Waals surface area contributed by atoms with Crippen molar-refractivity contribution in [1.82, 2.24) is 0 Å². The highest BCUT2D eigenvalue weighted by molar-refractivity contribution is 5.96. The number of anilines is 1. The Kier molecular flexibility index (Phi) is 7.98. The lowest BCUT2D eigenvalue weighted by molar-refractivity contribution is -0.384. The number of nitrogens with one attached hydrogen (secondary N) is 1. The van der Waals surface area contributed by atoms with E-state index in [1.54, 1.807) is 13.0 Å². The number of nitro benzene ring substituents is 1. The summed E-state index contributed by atoms with van der Waals surface area (Å²) < 4.78 is 21.0. The molecule has 10 nitrogen and oxygen atoms in total. The predicted molar refractivity (Wildman–Crippen MR) is 107 cm³/mol. The summed E-state index contributed by atoms with van der Waals surface area (Å²) in [6.07, 6.45) is 0. The Labute approximate surface area is 172 Å². The van der Waals surface area contributed by atoms with Gasteiger partial charge in [0, 0.05) is 6.07 Å². The van der Waals surface area contributed by atoms with Crippen LogP contribution in [0.3, 0.4) is 0 Å². The van der Waals surface area contributed by atoms with E-state index in [0.717, 1.165) is 0 Å². The summed E-state index contributed by atoms with van der Waals surface area (Å²) in [4.78, 5) is 34.6. The molecule has 0 atom stereocenters. The van der Waals surface area contributed by atoms with Crippen LogP contribution in [0.2, 0.25) is 0 Å². The van der Waals surface area contributed by atoms with Gasteiger partial charge in [0.25, 0.3) is 11.6 Å². The largest absolute Gasteiger partial charge is 0.494 e. The minimum atomic E-state index is -0.718. The van der Waals surface area contributed by atoms with E-state index in [-0.39, 0.29) is 22.7 Å². The molecule has 0 saturated heterocycles. The Morgan fingerprint density at radius 2 is 1.70 bits per heavy atom. The van der Waals surface area contributed by atoms with Crippen molar-refractivity contribution in [1.29, 1.82) is 0 Å². The van der Waals surface area contributed by atoms with Crippen molar-refractivity contribution in [2.24, 2.45) is 0 Å². The van der Waals surface area contributed by atoms with E-state index in [2.05, 4.69) is 5.32 Å². The molecule has 2 aromatic rings. The molecule has 2 rings (SSSR count). The predicted octanol–water partition coefficient (Wildman–Crippen LogP) is 3.20. The normalized spacial score (nSPS) is 10.1. The third kappa shape index (κ3) is 5.84.